The lowest BCUT2D eigenvalue weighted by atomic mass is 10.3. The van der Waals surface area contributed by atoms with Crippen LogP contribution in [0.3, 0.4) is 0 Å². The molecule has 5 nitrogen and oxygen atoms in total. The van der Waals surface area contributed by atoms with Crippen LogP contribution in [0.15, 0.2) is 17.8 Å². The minimum atomic E-state index is 0.429. The molecule has 0 aliphatic heterocycles. The first kappa shape index (κ1) is 12.6. The van der Waals surface area contributed by atoms with Crippen LogP contribution in [-0.2, 0) is 6.54 Å². The average molecular weight is 264 g/mol. The van der Waals surface area contributed by atoms with Crippen molar-refractivity contribution in [3.63, 3.8) is 0 Å². The summed E-state index contributed by atoms with van der Waals surface area (Å²) < 4.78 is 5.32. The zero-order chi connectivity index (χ0) is 13.0. The molecule has 0 amide bonds. The molecule has 2 aromatic rings. The highest BCUT2D eigenvalue weighted by molar-refractivity contribution is 7.10. The van der Waals surface area contributed by atoms with Crippen LogP contribution in [-0.4, -0.2) is 16.6 Å². The quantitative estimate of drug-likeness (QED) is 0.867. The Morgan fingerprint density at radius 3 is 2.94 bits per heavy atom. The number of rotatable bonds is 5. The molecule has 0 bridgehead atoms. The predicted octanol–water partition coefficient (Wildman–Crippen LogP) is 2.44. The molecule has 2 aromatic heterocycles. The zero-order valence-corrected chi connectivity index (χ0v) is 11.3. The van der Waals surface area contributed by atoms with E-state index >= 15 is 0 Å². The maximum Gasteiger partial charge on any atom is 0.242 e. The second-order valence-electron chi connectivity index (χ2n) is 3.75. The fourth-order valence-electron chi connectivity index (χ4n) is 1.52. The molecule has 0 aromatic carbocycles. The summed E-state index contributed by atoms with van der Waals surface area (Å²) in [6.07, 6.45) is 1.45. The third kappa shape index (κ3) is 2.70. The molecule has 0 fully saturated rings. The van der Waals surface area contributed by atoms with Crippen molar-refractivity contribution in [3.8, 4) is 5.88 Å². The van der Waals surface area contributed by atoms with Crippen LogP contribution in [0.4, 0.5) is 11.5 Å². The molecule has 0 atom stereocenters. The lowest BCUT2D eigenvalue weighted by Crippen LogP contribution is -2.07. The third-order valence-corrected chi connectivity index (χ3v) is 3.54. The number of nitrogen functional groups attached to an aromatic ring is 1. The molecular formula is C12H16N4OS. The van der Waals surface area contributed by atoms with Gasteiger partial charge in [0.2, 0.25) is 5.88 Å². The molecule has 0 radical (unpaired) electrons. The summed E-state index contributed by atoms with van der Waals surface area (Å²) >= 11 is 1.71. The Hall–Kier alpha value is -1.82. The van der Waals surface area contributed by atoms with Crippen molar-refractivity contribution in [1.29, 1.82) is 0 Å². The largest absolute Gasteiger partial charge is 0.476 e. The van der Waals surface area contributed by atoms with Crippen LogP contribution in [0, 0.1) is 6.92 Å². The van der Waals surface area contributed by atoms with Gasteiger partial charge in [-0.15, -0.1) is 11.3 Å². The van der Waals surface area contributed by atoms with Gasteiger partial charge in [0.15, 0.2) is 5.82 Å². The van der Waals surface area contributed by atoms with Gasteiger partial charge >= 0.3 is 0 Å². The fourth-order valence-corrected chi connectivity index (χ4v) is 2.37. The number of thiophene rings is 1. The number of aromatic nitrogens is 2. The van der Waals surface area contributed by atoms with E-state index in [2.05, 4.69) is 33.7 Å². The fraction of sp³-hybridized carbons (Fsp3) is 0.333. The Kier molecular flexibility index (Phi) is 3.99. The summed E-state index contributed by atoms with van der Waals surface area (Å²) in [7, 11) is 0. The van der Waals surface area contributed by atoms with E-state index in [9.17, 15) is 0 Å². The van der Waals surface area contributed by atoms with Gasteiger partial charge in [-0.1, -0.05) is 0 Å². The number of ether oxygens (including phenoxy) is 1. The maximum atomic E-state index is 5.94. The van der Waals surface area contributed by atoms with E-state index in [1.807, 2.05) is 6.92 Å². The van der Waals surface area contributed by atoms with Crippen molar-refractivity contribution in [2.75, 3.05) is 17.7 Å². The Morgan fingerprint density at radius 2 is 2.28 bits per heavy atom. The van der Waals surface area contributed by atoms with Crippen molar-refractivity contribution in [2.24, 2.45) is 0 Å². The van der Waals surface area contributed by atoms with Crippen molar-refractivity contribution >= 4 is 22.8 Å². The van der Waals surface area contributed by atoms with E-state index in [0.29, 0.717) is 30.5 Å². The number of nitrogens with zero attached hydrogens (tertiary/aromatic N) is 2. The summed E-state index contributed by atoms with van der Waals surface area (Å²) in [5.74, 6) is 1.04. The van der Waals surface area contributed by atoms with Crippen molar-refractivity contribution in [2.45, 2.75) is 20.4 Å². The van der Waals surface area contributed by atoms with Crippen LogP contribution in [0.5, 0.6) is 5.88 Å². The van der Waals surface area contributed by atoms with Crippen molar-refractivity contribution < 1.29 is 4.74 Å². The first-order valence-corrected chi connectivity index (χ1v) is 6.60. The predicted molar refractivity (Wildman–Crippen MR) is 74.0 cm³/mol. The number of hydrogen-bond acceptors (Lipinski definition) is 6. The molecule has 0 unspecified atom stereocenters. The molecule has 2 heterocycles. The van der Waals surface area contributed by atoms with Gasteiger partial charge in [0.05, 0.1) is 13.2 Å². The van der Waals surface area contributed by atoms with Gasteiger partial charge in [-0.05, 0) is 30.9 Å². The Morgan fingerprint density at radius 1 is 1.44 bits per heavy atom. The lowest BCUT2D eigenvalue weighted by Gasteiger charge is -2.10. The highest BCUT2D eigenvalue weighted by Crippen LogP contribution is 2.25. The van der Waals surface area contributed by atoms with E-state index in [0.717, 1.165) is 0 Å². The second-order valence-corrected chi connectivity index (χ2v) is 4.76. The molecule has 18 heavy (non-hydrogen) atoms. The van der Waals surface area contributed by atoms with Crippen molar-refractivity contribution in [1.82, 2.24) is 9.97 Å². The van der Waals surface area contributed by atoms with Gasteiger partial charge in [0.1, 0.15) is 12.0 Å². The standard InChI is InChI=1S/C12H16N4OS/c1-3-17-12-10(13)11(15-7-16-12)14-6-9-8(2)4-5-18-9/h4-5,7H,3,6,13H2,1-2H3,(H,14,15,16). The summed E-state index contributed by atoms with van der Waals surface area (Å²) in [6.45, 7) is 5.22. The Labute approximate surface area is 110 Å². The average Bonchev–Trinajstić information content (AvgIpc) is 2.76. The highest BCUT2D eigenvalue weighted by atomic mass is 32.1. The van der Waals surface area contributed by atoms with E-state index in [-0.39, 0.29) is 0 Å². The number of nitrogens with two attached hydrogens (primary N) is 1. The first-order chi connectivity index (χ1) is 8.72. The third-order valence-electron chi connectivity index (χ3n) is 2.51. The highest BCUT2D eigenvalue weighted by Gasteiger charge is 2.09. The molecule has 0 saturated carbocycles. The molecule has 96 valence electrons. The van der Waals surface area contributed by atoms with Crippen LogP contribution in [0.2, 0.25) is 0 Å². The van der Waals surface area contributed by atoms with Gasteiger partial charge < -0.3 is 15.8 Å². The van der Waals surface area contributed by atoms with Crippen LogP contribution in [0.1, 0.15) is 17.4 Å². The molecule has 0 aliphatic carbocycles. The minimum Gasteiger partial charge on any atom is -0.476 e. The van der Waals surface area contributed by atoms with Gasteiger partial charge in [-0.25, -0.2) is 4.98 Å². The van der Waals surface area contributed by atoms with Crippen LogP contribution >= 0.6 is 11.3 Å². The van der Waals surface area contributed by atoms with Gasteiger partial charge in [-0.2, -0.15) is 4.98 Å². The molecule has 0 saturated heterocycles. The topological polar surface area (TPSA) is 73.1 Å². The SMILES string of the molecule is CCOc1ncnc(NCc2sccc2C)c1N. The molecular weight excluding hydrogens is 248 g/mol. The Bertz CT molecular complexity index is 527. The summed E-state index contributed by atoms with van der Waals surface area (Å²) in [5, 5.41) is 5.28. The van der Waals surface area contributed by atoms with Gasteiger partial charge in [0, 0.05) is 4.88 Å². The summed E-state index contributed by atoms with van der Waals surface area (Å²) in [5.41, 5.74) is 7.66. The maximum absolute atomic E-state index is 5.94. The summed E-state index contributed by atoms with van der Waals surface area (Å²) in [4.78, 5) is 9.39. The van der Waals surface area contributed by atoms with E-state index in [1.165, 1.54) is 16.8 Å². The second kappa shape index (κ2) is 5.68. The monoisotopic (exact) mass is 264 g/mol. The normalized spacial score (nSPS) is 10.3. The van der Waals surface area contributed by atoms with Gasteiger partial charge in [0.25, 0.3) is 0 Å². The minimum absolute atomic E-state index is 0.429. The van der Waals surface area contributed by atoms with Crippen LogP contribution in [0.25, 0.3) is 0 Å². The number of hydrogen-bond donors (Lipinski definition) is 2. The smallest absolute Gasteiger partial charge is 0.242 e. The van der Waals surface area contributed by atoms with E-state index < -0.39 is 0 Å². The van der Waals surface area contributed by atoms with Gasteiger partial charge in [-0.3, -0.25) is 0 Å². The van der Waals surface area contributed by atoms with Crippen LogP contribution < -0.4 is 15.8 Å². The number of aryl methyl sites for hydroxylation is 1. The van der Waals surface area contributed by atoms with E-state index in [4.69, 9.17) is 10.5 Å². The molecule has 2 rings (SSSR count). The molecule has 3 N–H and O–H groups in total. The number of nitrogens with one attached hydrogen (secondary N) is 1. The van der Waals surface area contributed by atoms with Crippen molar-refractivity contribution in [3.05, 3.63) is 28.2 Å². The zero-order valence-electron chi connectivity index (χ0n) is 10.4. The molecule has 0 aliphatic rings. The Balaban J connectivity index is 2.10. The summed E-state index contributed by atoms with van der Waals surface area (Å²) in [6, 6.07) is 2.09. The molecule has 6 heteroatoms. The lowest BCUT2D eigenvalue weighted by molar-refractivity contribution is 0.328. The number of anilines is 2. The molecule has 0 spiro atoms. The van der Waals surface area contributed by atoms with E-state index in [1.54, 1.807) is 11.3 Å². The first-order valence-electron chi connectivity index (χ1n) is 5.72.